The molecule has 0 bridgehead atoms. The number of aryl methyl sites for hydroxylation is 1. The molecule has 19 heavy (non-hydrogen) atoms. The number of hydrogen-bond donors (Lipinski definition) is 1. The molecule has 1 aromatic carbocycles. The number of fused-ring (bicyclic) bond motifs is 1. The van der Waals surface area contributed by atoms with Gasteiger partial charge < -0.3 is 9.72 Å². The first kappa shape index (κ1) is 13.2. The zero-order valence-corrected chi connectivity index (χ0v) is 10.8. The lowest BCUT2D eigenvalue weighted by Crippen LogP contribution is -2.12. The molecule has 0 unspecified atom stereocenters. The Morgan fingerprint density at radius 1 is 1.47 bits per heavy atom. The molecule has 0 radical (unpaired) electrons. The van der Waals surface area contributed by atoms with Gasteiger partial charge in [0.1, 0.15) is 6.07 Å². The topological polar surface area (TPSA) is 65.9 Å². The maximum Gasteiger partial charge on any atom is 0.307 e. The van der Waals surface area contributed by atoms with E-state index in [-0.39, 0.29) is 5.97 Å². The second kappa shape index (κ2) is 6.05. The number of hydrogen-bond acceptors (Lipinski definition) is 3. The Kier molecular flexibility index (Phi) is 4.19. The van der Waals surface area contributed by atoms with Crippen LogP contribution in [0.4, 0.5) is 0 Å². The highest BCUT2D eigenvalue weighted by atomic mass is 16.5. The minimum Gasteiger partial charge on any atom is -0.447 e. The number of nitriles is 1. The number of esters is 1. The van der Waals surface area contributed by atoms with Crippen LogP contribution in [0.25, 0.3) is 10.9 Å². The molecule has 0 aliphatic heterocycles. The Balaban J connectivity index is 1.86. The van der Waals surface area contributed by atoms with E-state index in [9.17, 15) is 4.79 Å². The van der Waals surface area contributed by atoms with E-state index in [4.69, 9.17) is 10.00 Å². The van der Waals surface area contributed by atoms with Gasteiger partial charge in [-0.25, -0.2) is 0 Å². The number of para-hydroxylation sites is 1. The van der Waals surface area contributed by atoms with Crippen molar-refractivity contribution < 1.29 is 9.53 Å². The van der Waals surface area contributed by atoms with Gasteiger partial charge in [-0.15, -0.1) is 0 Å². The highest BCUT2D eigenvalue weighted by Gasteiger charge is 2.09. The second-order valence-electron chi connectivity index (χ2n) is 4.47. The quantitative estimate of drug-likeness (QED) is 0.836. The largest absolute Gasteiger partial charge is 0.447 e. The van der Waals surface area contributed by atoms with E-state index in [1.807, 2.05) is 30.5 Å². The number of carbonyl (C=O) groups excluding carboxylic acids is 1. The summed E-state index contributed by atoms with van der Waals surface area (Å²) in [6, 6.07) is 9.96. The first-order chi connectivity index (χ1) is 9.20. The Bertz CT molecular complexity index is 610. The third-order valence-electron chi connectivity index (χ3n) is 2.99. The SMILES string of the molecule is C[C@H](C#N)OC(=O)CCCc1c[nH]c2ccccc12. The van der Waals surface area contributed by atoms with Gasteiger partial charge in [0.25, 0.3) is 0 Å². The van der Waals surface area contributed by atoms with Crippen LogP contribution in [0.5, 0.6) is 0 Å². The Labute approximate surface area is 112 Å². The van der Waals surface area contributed by atoms with Crippen LogP contribution in [0, 0.1) is 11.3 Å². The van der Waals surface area contributed by atoms with Crippen molar-refractivity contribution in [1.29, 1.82) is 5.26 Å². The van der Waals surface area contributed by atoms with Gasteiger partial charge in [-0.3, -0.25) is 4.79 Å². The standard InChI is InChI=1S/C15H16N2O2/c1-11(9-16)19-15(18)8-4-5-12-10-17-14-7-3-2-6-13(12)14/h2-3,6-7,10-11,17H,4-5,8H2,1H3/t11-/m1/s1. The zero-order valence-electron chi connectivity index (χ0n) is 10.8. The van der Waals surface area contributed by atoms with E-state index < -0.39 is 6.10 Å². The van der Waals surface area contributed by atoms with Gasteiger partial charge in [0.15, 0.2) is 6.10 Å². The van der Waals surface area contributed by atoms with Gasteiger partial charge in [0, 0.05) is 23.5 Å². The molecule has 0 spiro atoms. The maximum absolute atomic E-state index is 11.4. The molecule has 0 amide bonds. The lowest BCUT2D eigenvalue weighted by Gasteiger charge is -2.05. The summed E-state index contributed by atoms with van der Waals surface area (Å²) in [5, 5.41) is 9.74. The molecule has 0 saturated carbocycles. The average Bonchev–Trinajstić information content (AvgIpc) is 2.82. The number of H-pyrrole nitrogens is 1. The number of carbonyl (C=O) groups is 1. The smallest absolute Gasteiger partial charge is 0.307 e. The van der Waals surface area contributed by atoms with Crippen molar-refractivity contribution in [2.45, 2.75) is 32.3 Å². The van der Waals surface area contributed by atoms with Crippen LogP contribution in [0.2, 0.25) is 0 Å². The van der Waals surface area contributed by atoms with Gasteiger partial charge >= 0.3 is 5.97 Å². The second-order valence-corrected chi connectivity index (χ2v) is 4.47. The molecule has 2 rings (SSSR count). The van der Waals surface area contributed by atoms with Crippen LogP contribution in [0.15, 0.2) is 30.5 Å². The number of nitrogens with one attached hydrogen (secondary N) is 1. The Morgan fingerprint density at radius 3 is 3.05 bits per heavy atom. The summed E-state index contributed by atoms with van der Waals surface area (Å²) >= 11 is 0. The summed E-state index contributed by atoms with van der Waals surface area (Å²) in [6.45, 7) is 1.57. The molecule has 1 atom stereocenters. The first-order valence-electron chi connectivity index (χ1n) is 6.35. The molecule has 4 heteroatoms. The van der Waals surface area contributed by atoms with Crippen molar-refractivity contribution in [3.63, 3.8) is 0 Å². The Hall–Kier alpha value is -2.28. The van der Waals surface area contributed by atoms with E-state index in [0.717, 1.165) is 18.4 Å². The normalized spacial score (nSPS) is 12.0. The predicted molar refractivity (Wildman–Crippen MR) is 72.4 cm³/mol. The van der Waals surface area contributed by atoms with Gasteiger partial charge in [-0.2, -0.15) is 5.26 Å². The van der Waals surface area contributed by atoms with Crippen LogP contribution in [0.3, 0.4) is 0 Å². The summed E-state index contributed by atoms with van der Waals surface area (Å²) < 4.78 is 4.90. The number of rotatable bonds is 5. The van der Waals surface area contributed by atoms with E-state index in [0.29, 0.717) is 6.42 Å². The number of aromatic amines is 1. The summed E-state index contributed by atoms with van der Waals surface area (Å²) in [6.07, 6.45) is 3.19. The van der Waals surface area contributed by atoms with Gasteiger partial charge in [-0.1, -0.05) is 18.2 Å². The number of benzene rings is 1. The summed E-state index contributed by atoms with van der Waals surface area (Å²) in [7, 11) is 0. The lowest BCUT2D eigenvalue weighted by atomic mass is 10.1. The van der Waals surface area contributed by atoms with Crippen molar-refractivity contribution in [3.8, 4) is 6.07 Å². The fraction of sp³-hybridized carbons (Fsp3) is 0.333. The fourth-order valence-corrected chi connectivity index (χ4v) is 2.04. The number of ether oxygens (including phenoxy) is 1. The zero-order chi connectivity index (χ0) is 13.7. The van der Waals surface area contributed by atoms with Gasteiger partial charge in [0.2, 0.25) is 0 Å². The molecule has 98 valence electrons. The number of nitrogens with zero attached hydrogens (tertiary/aromatic N) is 1. The molecule has 0 aliphatic rings. The van der Waals surface area contributed by atoms with Gasteiger partial charge in [0.05, 0.1) is 0 Å². The van der Waals surface area contributed by atoms with Crippen molar-refractivity contribution in [1.82, 2.24) is 4.98 Å². The highest BCUT2D eigenvalue weighted by Crippen LogP contribution is 2.19. The van der Waals surface area contributed by atoms with Crippen molar-refractivity contribution in [2.75, 3.05) is 0 Å². The first-order valence-corrected chi connectivity index (χ1v) is 6.35. The molecule has 4 nitrogen and oxygen atoms in total. The summed E-state index contributed by atoms with van der Waals surface area (Å²) in [5.41, 5.74) is 2.31. The molecule has 0 saturated heterocycles. The maximum atomic E-state index is 11.4. The molecule has 0 aliphatic carbocycles. The third-order valence-corrected chi connectivity index (χ3v) is 2.99. The number of aromatic nitrogens is 1. The van der Waals surface area contributed by atoms with Crippen molar-refractivity contribution in [2.24, 2.45) is 0 Å². The average molecular weight is 256 g/mol. The van der Waals surface area contributed by atoms with Crippen LogP contribution in [-0.4, -0.2) is 17.1 Å². The molecule has 0 fully saturated rings. The van der Waals surface area contributed by atoms with E-state index in [1.54, 1.807) is 6.92 Å². The molecule has 2 aromatic rings. The van der Waals surface area contributed by atoms with Crippen LogP contribution in [0.1, 0.15) is 25.3 Å². The van der Waals surface area contributed by atoms with Crippen LogP contribution >= 0.6 is 0 Å². The molecule has 1 N–H and O–H groups in total. The van der Waals surface area contributed by atoms with Gasteiger partial charge in [-0.05, 0) is 31.4 Å². The van der Waals surface area contributed by atoms with Crippen LogP contribution < -0.4 is 0 Å². The minimum atomic E-state index is -0.666. The summed E-state index contributed by atoms with van der Waals surface area (Å²) in [4.78, 5) is 14.6. The highest BCUT2D eigenvalue weighted by molar-refractivity contribution is 5.83. The Morgan fingerprint density at radius 2 is 2.26 bits per heavy atom. The minimum absolute atomic E-state index is 0.311. The molecular weight excluding hydrogens is 240 g/mol. The van der Waals surface area contributed by atoms with Crippen molar-refractivity contribution >= 4 is 16.9 Å². The lowest BCUT2D eigenvalue weighted by molar-refractivity contribution is -0.145. The molecular formula is C15H16N2O2. The van der Waals surface area contributed by atoms with E-state index >= 15 is 0 Å². The summed E-state index contributed by atoms with van der Waals surface area (Å²) in [5.74, 6) is -0.311. The fourth-order valence-electron chi connectivity index (χ4n) is 2.04. The molecule has 1 heterocycles. The van der Waals surface area contributed by atoms with E-state index in [1.165, 1.54) is 10.9 Å². The third kappa shape index (κ3) is 3.35. The monoisotopic (exact) mass is 256 g/mol. The predicted octanol–water partition coefficient (Wildman–Crippen LogP) is 2.95. The van der Waals surface area contributed by atoms with E-state index in [2.05, 4.69) is 11.1 Å². The van der Waals surface area contributed by atoms with Crippen molar-refractivity contribution in [3.05, 3.63) is 36.0 Å². The molecule has 1 aromatic heterocycles. The van der Waals surface area contributed by atoms with Crippen LogP contribution in [-0.2, 0) is 16.0 Å².